The number of hydrogen-bond donors (Lipinski definition) is 1. The van der Waals surface area contributed by atoms with Gasteiger partial charge < -0.3 is 10.2 Å². The van der Waals surface area contributed by atoms with Crippen LogP contribution in [0, 0.1) is 6.92 Å². The molecular formula is C10H10ClF3N4O. The number of carbonyl (C=O) groups is 1. The van der Waals surface area contributed by atoms with Crippen molar-refractivity contribution in [1.29, 1.82) is 0 Å². The van der Waals surface area contributed by atoms with Crippen molar-refractivity contribution in [2.45, 2.75) is 25.6 Å². The zero-order chi connectivity index (χ0) is 14.4. The molecular weight excluding hydrogens is 285 g/mol. The largest absolute Gasteiger partial charge is 0.391 e. The van der Waals surface area contributed by atoms with Gasteiger partial charge in [-0.25, -0.2) is 4.98 Å². The van der Waals surface area contributed by atoms with E-state index in [0.717, 1.165) is 0 Å². The quantitative estimate of drug-likeness (QED) is 0.806. The predicted molar refractivity (Wildman–Crippen MR) is 63.3 cm³/mol. The molecule has 0 aromatic carbocycles. The van der Waals surface area contributed by atoms with Crippen molar-refractivity contribution >= 4 is 29.0 Å². The molecule has 0 saturated heterocycles. The zero-order valence-electron chi connectivity index (χ0n) is 10.0. The Morgan fingerprint density at radius 2 is 2.05 bits per heavy atom. The molecule has 1 N–H and O–H groups in total. The molecule has 0 saturated carbocycles. The highest BCUT2D eigenvalue weighted by Crippen LogP contribution is 2.35. The number of aromatic nitrogens is 2. The number of amides is 1. The average Bonchev–Trinajstić information content (AvgIpc) is 2.25. The van der Waals surface area contributed by atoms with Crippen LogP contribution in [0.15, 0.2) is 0 Å². The minimum Gasteiger partial charge on any atom is -0.345 e. The van der Waals surface area contributed by atoms with E-state index < -0.39 is 24.5 Å². The van der Waals surface area contributed by atoms with E-state index in [1.165, 1.54) is 11.9 Å². The monoisotopic (exact) mass is 294 g/mol. The molecule has 2 rings (SSSR count). The summed E-state index contributed by atoms with van der Waals surface area (Å²) in [5.41, 5.74) is 0.691. The Hall–Kier alpha value is -1.57. The summed E-state index contributed by atoms with van der Waals surface area (Å²) in [6, 6.07) is -1.36. The number of nitrogens with one attached hydrogen (secondary N) is 1. The number of rotatable bonds is 1. The molecule has 0 bridgehead atoms. The summed E-state index contributed by atoms with van der Waals surface area (Å²) in [7, 11) is 1.37. The molecule has 1 aromatic rings. The van der Waals surface area contributed by atoms with Crippen molar-refractivity contribution in [2.75, 3.05) is 17.3 Å². The van der Waals surface area contributed by atoms with Gasteiger partial charge in [-0.2, -0.15) is 18.2 Å². The molecule has 0 radical (unpaired) electrons. The van der Waals surface area contributed by atoms with Crippen LogP contribution in [0.25, 0.3) is 0 Å². The fourth-order valence-electron chi connectivity index (χ4n) is 1.90. The third kappa shape index (κ3) is 2.73. The number of likely N-dealkylation sites (N-methyl/N-ethyl adjacent to an activating group) is 1. The summed E-state index contributed by atoms with van der Waals surface area (Å²) in [5, 5.41) is 2.32. The molecule has 19 heavy (non-hydrogen) atoms. The smallest absolute Gasteiger partial charge is 0.345 e. The van der Waals surface area contributed by atoms with Crippen LogP contribution in [0.2, 0.25) is 5.28 Å². The van der Waals surface area contributed by atoms with Gasteiger partial charge in [0.2, 0.25) is 11.2 Å². The van der Waals surface area contributed by atoms with E-state index in [2.05, 4.69) is 15.3 Å². The highest BCUT2D eigenvalue weighted by Gasteiger charge is 2.41. The van der Waals surface area contributed by atoms with Crippen molar-refractivity contribution in [1.82, 2.24) is 9.97 Å². The van der Waals surface area contributed by atoms with Crippen molar-refractivity contribution < 1.29 is 18.0 Å². The van der Waals surface area contributed by atoms with Crippen LogP contribution in [-0.2, 0) is 4.79 Å². The molecule has 0 aliphatic carbocycles. The van der Waals surface area contributed by atoms with Gasteiger partial charge in [0.25, 0.3) is 0 Å². The number of hydrogen-bond acceptors (Lipinski definition) is 4. The first-order valence-electron chi connectivity index (χ1n) is 5.33. The Kier molecular flexibility index (Phi) is 3.29. The first-order chi connectivity index (χ1) is 8.69. The Labute approximate surface area is 111 Å². The fraction of sp³-hybridized carbons (Fsp3) is 0.500. The number of carbonyl (C=O) groups excluding carboxylic acids is 1. The lowest BCUT2D eigenvalue weighted by atomic mass is 10.1. The highest BCUT2D eigenvalue weighted by atomic mass is 35.5. The molecule has 104 valence electrons. The Morgan fingerprint density at radius 3 is 2.63 bits per heavy atom. The van der Waals surface area contributed by atoms with Gasteiger partial charge in [-0.05, 0) is 18.5 Å². The number of nitrogens with zero attached hydrogens (tertiary/aromatic N) is 3. The van der Waals surface area contributed by atoms with Crippen LogP contribution < -0.4 is 10.2 Å². The molecule has 1 aliphatic rings. The molecule has 1 amide bonds. The van der Waals surface area contributed by atoms with E-state index in [9.17, 15) is 18.0 Å². The molecule has 5 nitrogen and oxygen atoms in total. The zero-order valence-corrected chi connectivity index (χ0v) is 10.8. The lowest BCUT2D eigenvalue weighted by Gasteiger charge is -2.34. The molecule has 1 aliphatic heterocycles. The SMILES string of the molecule is Cc1nc(Cl)nc2c1NC(=O)C(CC(F)(F)F)N2C. The molecule has 1 atom stereocenters. The topological polar surface area (TPSA) is 58.1 Å². The molecule has 0 spiro atoms. The first-order valence-corrected chi connectivity index (χ1v) is 5.71. The summed E-state index contributed by atoms with van der Waals surface area (Å²) in [6.07, 6.45) is -5.70. The maximum Gasteiger partial charge on any atom is 0.391 e. The van der Waals surface area contributed by atoms with Crippen LogP contribution in [0.4, 0.5) is 24.7 Å². The first kappa shape index (κ1) is 13.9. The predicted octanol–water partition coefficient (Wildman–Crippen LogP) is 2.15. The summed E-state index contributed by atoms with van der Waals surface area (Å²) in [4.78, 5) is 20.6. The molecule has 1 aromatic heterocycles. The van der Waals surface area contributed by atoms with Crippen LogP contribution in [-0.4, -0.2) is 35.1 Å². The van der Waals surface area contributed by atoms with Crippen molar-refractivity contribution in [3.05, 3.63) is 11.0 Å². The van der Waals surface area contributed by atoms with Gasteiger partial charge in [0.05, 0.1) is 12.1 Å². The van der Waals surface area contributed by atoms with Crippen LogP contribution >= 0.6 is 11.6 Å². The number of halogens is 4. The average molecular weight is 295 g/mol. The lowest BCUT2D eigenvalue weighted by Crippen LogP contribution is -2.49. The Morgan fingerprint density at radius 1 is 1.42 bits per heavy atom. The van der Waals surface area contributed by atoms with Gasteiger partial charge in [0.1, 0.15) is 11.7 Å². The van der Waals surface area contributed by atoms with E-state index in [1.54, 1.807) is 6.92 Å². The number of alkyl halides is 3. The second-order valence-corrected chi connectivity index (χ2v) is 4.55. The van der Waals surface area contributed by atoms with E-state index in [4.69, 9.17) is 11.6 Å². The van der Waals surface area contributed by atoms with Gasteiger partial charge in [-0.3, -0.25) is 4.79 Å². The minimum absolute atomic E-state index is 0.0787. The number of fused-ring (bicyclic) bond motifs is 1. The standard InChI is InChI=1S/C10H10ClF3N4O/c1-4-6-7(17-9(11)15-4)18(2)5(8(19)16-6)3-10(12,13)14/h5H,3H2,1-2H3,(H,16,19). The van der Waals surface area contributed by atoms with Gasteiger partial charge in [0.15, 0.2) is 5.82 Å². The molecule has 9 heteroatoms. The lowest BCUT2D eigenvalue weighted by molar-refractivity contribution is -0.145. The van der Waals surface area contributed by atoms with E-state index >= 15 is 0 Å². The maximum atomic E-state index is 12.5. The van der Waals surface area contributed by atoms with Crippen LogP contribution in [0.3, 0.4) is 0 Å². The van der Waals surface area contributed by atoms with E-state index in [-0.39, 0.29) is 16.8 Å². The molecule has 1 unspecified atom stereocenters. The third-order valence-corrected chi connectivity index (χ3v) is 2.99. The normalized spacial score (nSPS) is 19.2. The Balaban J connectivity index is 2.42. The number of anilines is 2. The van der Waals surface area contributed by atoms with Gasteiger partial charge >= 0.3 is 6.18 Å². The van der Waals surface area contributed by atoms with Crippen molar-refractivity contribution in [2.24, 2.45) is 0 Å². The third-order valence-electron chi connectivity index (χ3n) is 2.82. The summed E-state index contributed by atoms with van der Waals surface area (Å²) >= 11 is 5.68. The number of aryl methyl sites for hydroxylation is 1. The van der Waals surface area contributed by atoms with Crippen molar-refractivity contribution in [3.8, 4) is 0 Å². The second kappa shape index (κ2) is 4.52. The van der Waals surface area contributed by atoms with Crippen molar-refractivity contribution in [3.63, 3.8) is 0 Å². The fourth-order valence-corrected chi connectivity index (χ4v) is 2.11. The minimum atomic E-state index is -4.44. The Bertz CT molecular complexity index is 534. The van der Waals surface area contributed by atoms with Crippen LogP contribution in [0.1, 0.15) is 12.1 Å². The molecule has 2 heterocycles. The maximum absolute atomic E-state index is 12.5. The van der Waals surface area contributed by atoms with E-state index in [0.29, 0.717) is 5.69 Å². The van der Waals surface area contributed by atoms with Crippen LogP contribution in [0.5, 0.6) is 0 Å². The van der Waals surface area contributed by atoms with Gasteiger partial charge in [-0.1, -0.05) is 0 Å². The summed E-state index contributed by atoms with van der Waals surface area (Å²) in [5.74, 6) is -0.548. The summed E-state index contributed by atoms with van der Waals surface area (Å²) < 4.78 is 37.4. The second-order valence-electron chi connectivity index (χ2n) is 4.21. The highest BCUT2D eigenvalue weighted by molar-refractivity contribution is 6.28. The van der Waals surface area contributed by atoms with Gasteiger partial charge in [0, 0.05) is 7.05 Å². The summed E-state index contributed by atoms with van der Waals surface area (Å²) in [6.45, 7) is 1.59. The molecule has 0 fully saturated rings. The van der Waals surface area contributed by atoms with Gasteiger partial charge in [-0.15, -0.1) is 0 Å². The van der Waals surface area contributed by atoms with E-state index in [1.807, 2.05) is 0 Å².